The Labute approximate surface area is 138 Å². The van der Waals surface area contributed by atoms with E-state index in [-0.39, 0.29) is 5.56 Å². The van der Waals surface area contributed by atoms with Gasteiger partial charge in [0.25, 0.3) is 5.56 Å². The summed E-state index contributed by atoms with van der Waals surface area (Å²) < 4.78 is 11.1. The van der Waals surface area contributed by atoms with Crippen LogP contribution in [0.15, 0.2) is 28.2 Å². The number of nitriles is 1. The molecule has 0 radical (unpaired) electrons. The smallest absolute Gasteiger partial charge is 0.270 e. The SMILES string of the molecule is CCCOc1c(OC)cccc1-c1nc(SC)[nH]c(=O)c1C#N. The van der Waals surface area contributed by atoms with Gasteiger partial charge in [-0.1, -0.05) is 24.8 Å². The molecule has 0 saturated carbocycles. The molecule has 0 aliphatic carbocycles. The Morgan fingerprint density at radius 1 is 1.43 bits per heavy atom. The molecule has 0 fully saturated rings. The van der Waals surface area contributed by atoms with Crippen molar-refractivity contribution in [1.29, 1.82) is 5.26 Å². The van der Waals surface area contributed by atoms with Crippen LogP contribution in [-0.2, 0) is 0 Å². The monoisotopic (exact) mass is 331 g/mol. The second-order valence-electron chi connectivity index (χ2n) is 4.60. The molecule has 0 saturated heterocycles. The summed E-state index contributed by atoms with van der Waals surface area (Å²) >= 11 is 1.30. The number of aromatic nitrogens is 2. The summed E-state index contributed by atoms with van der Waals surface area (Å²) in [6.07, 6.45) is 2.62. The third-order valence-electron chi connectivity index (χ3n) is 3.11. The van der Waals surface area contributed by atoms with Crippen LogP contribution in [-0.4, -0.2) is 29.9 Å². The molecule has 1 aromatic heterocycles. The Bertz CT molecular complexity index is 796. The van der Waals surface area contributed by atoms with E-state index in [4.69, 9.17) is 9.47 Å². The molecule has 6 nitrogen and oxygen atoms in total. The van der Waals surface area contributed by atoms with Gasteiger partial charge in [-0.3, -0.25) is 4.79 Å². The largest absolute Gasteiger partial charge is 0.493 e. The first kappa shape index (κ1) is 16.9. The zero-order valence-corrected chi connectivity index (χ0v) is 14.0. The number of nitrogens with one attached hydrogen (secondary N) is 1. The van der Waals surface area contributed by atoms with E-state index in [0.29, 0.717) is 34.5 Å². The van der Waals surface area contributed by atoms with Gasteiger partial charge in [0.15, 0.2) is 16.7 Å². The van der Waals surface area contributed by atoms with Crippen molar-refractivity contribution in [2.75, 3.05) is 20.0 Å². The number of aromatic amines is 1. The summed E-state index contributed by atoms with van der Waals surface area (Å²) in [6, 6.07) is 7.23. The predicted octanol–water partition coefficient (Wildman–Crippen LogP) is 2.83. The molecule has 1 N–H and O–H groups in total. The van der Waals surface area contributed by atoms with Crippen molar-refractivity contribution in [1.82, 2.24) is 9.97 Å². The Morgan fingerprint density at radius 2 is 2.22 bits per heavy atom. The van der Waals surface area contributed by atoms with Gasteiger partial charge >= 0.3 is 0 Å². The Balaban J connectivity index is 2.73. The van der Waals surface area contributed by atoms with Gasteiger partial charge in [0.05, 0.1) is 13.7 Å². The van der Waals surface area contributed by atoms with Gasteiger partial charge in [-0.05, 0) is 24.8 Å². The number of hydrogen-bond donors (Lipinski definition) is 1. The normalized spacial score (nSPS) is 10.2. The Hall–Kier alpha value is -2.46. The number of para-hydroxylation sites is 1. The van der Waals surface area contributed by atoms with E-state index in [1.807, 2.05) is 13.0 Å². The van der Waals surface area contributed by atoms with Crippen LogP contribution in [0.3, 0.4) is 0 Å². The molecule has 0 aliphatic rings. The summed E-state index contributed by atoms with van der Waals surface area (Å²) in [5.41, 5.74) is 0.352. The van der Waals surface area contributed by atoms with Gasteiger partial charge in [-0.25, -0.2) is 4.98 Å². The fraction of sp³-hybridized carbons (Fsp3) is 0.312. The lowest BCUT2D eigenvalue weighted by atomic mass is 10.1. The molecule has 120 valence electrons. The van der Waals surface area contributed by atoms with E-state index in [9.17, 15) is 10.1 Å². The summed E-state index contributed by atoms with van der Waals surface area (Å²) in [5, 5.41) is 9.77. The molecule has 0 bridgehead atoms. The lowest BCUT2D eigenvalue weighted by Gasteiger charge is -2.15. The van der Waals surface area contributed by atoms with Crippen LogP contribution in [0.5, 0.6) is 11.5 Å². The highest BCUT2D eigenvalue weighted by Crippen LogP contribution is 2.38. The number of hydrogen-bond acceptors (Lipinski definition) is 6. The molecular formula is C16H17N3O3S. The zero-order valence-electron chi connectivity index (χ0n) is 13.2. The van der Waals surface area contributed by atoms with Crippen LogP contribution in [0.25, 0.3) is 11.3 Å². The number of methoxy groups -OCH3 is 1. The van der Waals surface area contributed by atoms with Crippen molar-refractivity contribution in [2.24, 2.45) is 0 Å². The molecule has 0 amide bonds. The maximum Gasteiger partial charge on any atom is 0.270 e. The number of H-pyrrole nitrogens is 1. The summed E-state index contributed by atoms with van der Waals surface area (Å²) in [7, 11) is 1.54. The highest BCUT2D eigenvalue weighted by Gasteiger charge is 2.19. The molecule has 2 rings (SSSR count). The molecule has 0 aliphatic heterocycles. The van der Waals surface area contributed by atoms with E-state index in [1.54, 1.807) is 31.6 Å². The number of nitrogens with zero attached hydrogens (tertiary/aromatic N) is 2. The number of benzene rings is 1. The van der Waals surface area contributed by atoms with Crippen molar-refractivity contribution >= 4 is 11.8 Å². The van der Waals surface area contributed by atoms with E-state index in [0.717, 1.165) is 6.42 Å². The topological polar surface area (TPSA) is 88.0 Å². The van der Waals surface area contributed by atoms with Crippen molar-refractivity contribution < 1.29 is 9.47 Å². The lowest BCUT2D eigenvalue weighted by molar-refractivity contribution is 0.295. The minimum atomic E-state index is -0.467. The molecule has 0 atom stereocenters. The molecule has 23 heavy (non-hydrogen) atoms. The van der Waals surface area contributed by atoms with Gasteiger partial charge in [-0.15, -0.1) is 0 Å². The second-order valence-corrected chi connectivity index (χ2v) is 5.39. The molecule has 0 unspecified atom stereocenters. The Kier molecular flexibility index (Phi) is 5.66. The van der Waals surface area contributed by atoms with Crippen LogP contribution in [0, 0.1) is 11.3 Å². The van der Waals surface area contributed by atoms with Crippen LogP contribution < -0.4 is 15.0 Å². The maximum absolute atomic E-state index is 12.1. The van der Waals surface area contributed by atoms with Gasteiger partial charge in [0, 0.05) is 5.56 Å². The van der Waals surface area contributed by atoms with Crippen molar-refractivity contribution in [3.05, 3.63) is 34.1 Å². The van der Waals surface area contributed by atoms with Gasteiger partial charge in [0.2, 0.25) is 0 Å². The van der Waals surface area contributed by atoms with Crippen LogP contribution in [0.2, 0.25) is 0 Å². The van der Waals surface area contributed by atoms with Crippen LogP contribution in [0.1, 0.15) is 18.9 Å². The lowest BCUT2D eigenvalue weighted by Crippen LogP contribution is -2.15. The quantitative estimate of drug-likeness (QED) is 0.647. The van der Waals surface area contributed by atoms with Crippen molar-refractivity contribution in [3.63, 3.8) is 0 Å². The predicted molar refractivity (Wildman–Crippen MR) is 89.1 cm³/mol. The van der Waals surface area contributed by atoms with Gasteiger partial charge in [0.1, 0.15) is 17.3 Å². The summed E-state index contributed by atoms with van der Waals surface area (Å²) in [6.45, 7) is 2.49. The molecule has 1 heterocycles. The van der Waals surface area contributed by atoms with Gasteiger partial charge < -0.3 is 14.5 Å². The van der Waals surface area contributed by atoms with E-state index < -0.39 is 5.56 Å². The number of rotatable bonds is 6. The molecule has 1 aromatic carbocycles. The fourth-order valence-electron chi connectivity index (χ4n) is 2.06. The first-order valence-corrected chi connectivity index (χ1v) is 8.27. The first-order chi connectivity index (χ1) is 11.2. The average Bonchev–Trinajstić information content (AvgIpc) is 2.58. The van der Waals surface area contributed by atoms with E-state index in [2.05, 4.69) is 9.97 Å². The van der Waals surface area contributed by atoms with Gasteiger partial charge in [-0.2, -0.15) is 5.26 Å². The minimum absolute atomic E-state index is 0.0441. The van der Waals surface area contributed by atoms with Crippen LogP contribution >= 0.6 is 11.8 Å². The fourth-order valence-corrected chi connectivity index (χ4v) is 2.44. The zero-order chi connectivity index (χ0) is 16.8. The molecular weight excluding hydrogens is 314 g/mol. The molecule has 0 spiro atoms. The highest BCUT2D eigenvalue weighted by atomic mass is 32.2. The third kappa shape index (κ3) is 3.48. The second kappa shape index (κ2) is 7.70. The number of ether oxygens (including phenoxy) is 2. The first-order valence-electron chi connectivity index (χ1n) is 7.04. The summed E-state index contributed by atoms with van der Waals surface area (Å²) in [5.74, 6) is 1.02. The number of thioether (sulfide) groups is 1. The third-order valence-corrected chi connectivity index (χ3v) is 3.69. The Morgan fingerprint density at radius 3 is 2.83 bits per heavy atom. The van der Waals surface area contributed by atoms with Crippen molar-refractivity contribution in [3.8, 4) is 28.8 Å². The highest BCUT2D eigenvalue weighted by molar-refractivity contribution is 7.98. The molecule has 7 heteroatoms. The molecule has 2 aromatic rings. The maximum atomic E-state index is 12.1. The standard InChI is InChI=1S/C16H17N3O3S/c1-4-8-22-14-10(6-5-7-12(14)21-2)13-11(9-17)15(20)19-16(18-13)23-3/h5-7H,4,8H2,1-3H3,(H,18,19,20). The van der Waals surface area contributed by atoms with E-state index >= 15 is 0 Å². The van der Waals surface area contributed by atoms with E-state index in [1.165, 1.54) is 11.8 Å². The van der Waals surface area contributed by atoms with Crippen molar-refractivity contribution in [2.45, 2.75) is 18.5 Å². The minimum Gasteiger partial charge on any atom is -0.493 e. The average molecular weight is 331 g/mol. The summed E-state index contributed by atoms with van der Waals surface area (Å²) in [4.78, 5) is 19.1. The van der Waals surface area contributed by atoms with Crippen LogP contribution in [0.4, 0.5) is 0 Å².